The van der Waals surface area contributed by atoms with Gasteiger partial charge in [0, 0.05) is 25.5 Å². The fraction of sp³-hybridized carbons (Fsp3) is 0.692. The number of aromatic nitrogens is 2. The Bertz CT molecular complexity index is 453. The van der Waals surface area contributed by atoms with E-state index in [1.807, 2.05) is 0 Å². The molecular weight excluding hydrogens is 246 g/mol. The minimum Gasteiger partial charge on any atom is -0.376 e. The van der Waals surface area contributed by atoms with E-state index in [9.17, 15) is 4.79 Å². The monoisotopic (exact) mass is 267 g/mol. The minimum absolute atomic E-state index is 0.0197. The van der Waals surface area contributed by atoms with Gasteiger partial charge in [0.2, 0.25) is 0 Å². The number of nitrogens with zero attached hydrogens (tertiary/aromatic N) is 2. The Labute approximate surface area is 112 Å². The predicted molar refractivity (Wildman–Crippen MR) is 72.4 cm³/mol. The van der Waals surface area contributed by atoms with Crippen LogP contribution in [0.25, 0.3) is 0 Å². The van der Waals surface area contributed by atoms with E-state index in [-0.39, 0.29) is 11.7 Å². The van der Waals surface area contributed by atoms with E-state index in [4.69, 9.17) is 9.47 Å². The number of anilines is 1. The zero-order chi connectivity index (χ0) is 13.7. The van der Waals surface area contributed by atoms with Crippen molar-refractivity contribution in [2.24, 2.45) is 5.92 Å². The van der Waals surface area contributed by atoms with Crippen LogP contribution in [0.15, 0.2) is 17.2 Å². The van der Waals surface area contributed by atoms with Crippen LogP contribution in [0, 0.1) is 5.92 Å². The molecule has 1 aliphatic rings. The first-order chi connectivity index (χ1) is 9.16. The molecule has 19 heavy (non-hydrogen) atoms. The SMILES string of the molecule is CC(C)Cn1ccnc(NCC2COCCO2)c1=O. The first-order valence-corrected chi connectivity index (χ1v) is 6.65. The van der Waals surface area contributed by atoms with Gasteiger partial charge in [-0.3, -0.25) is 4.79 Å². The average molecular weight is 267 g/mol. The molecule has 106 valence electrons. The van der Waals surface area contributed by atoms with Crippen LogP contribution >= 0.6 is 0 Å². The van der Waals surface area contributed by atoms with Gasteiger partial charge in [-0.1, -0.05) is 13.8 Å². The van der Waals surface area contributed by atoms with Crippen molar-refractivity contribution in [3.63, 3.8) is 0 Å². The molecule has 2 heterocycles. The molecule has 0 spiro atoms. The van der Waals surface area contributed by atoms with Gasteiger partial charge in [-0.15, -0.1) is 0 Å². The largest absolute Gasteiger partial charge is 0.376 e. The van der Waals surface area contributed by atoms with Gasteiger partial charge >= 0.3 is 0 Å². The lowest BCUT2D eigenvalue weighted by atomic mass is 10.2. The molecule has 2 rings (SSSR count). The summed E-state index contributed by atoms with van der Waals surface area (Å²) < 4.78 is 12.5. The van der Waals surface area contributed by atoms with Gasteiger partial charge in [0.05, 0.1) is 25.9 Å². The molecule has 0 saturated carbocycles. The molecule has 1 N–H and O–H groups in total. The fourth-order valence-corrected chi connectivity index (χ4v) is 1.97. The van der Waals surface area contributed by atoms with Crippen molar-refractivity contribution in [2.45, 2.75) is 26.5 Å². The van der Waals surface area contributed by atoms with Crippen LogP contribution in [-0.2, 0) is 16.0 Å². The lowest BCUT2D eigenvalue weighted by molar-refractivity contribution is -0.0819. The first kappa shape index (κ1) is 14.0. The molecule has 1 saturated heterocycles. The van der Waals surface area contributed by atoms with E-state index in [2.05, 4.69) is 24.1 Å². The maximum absolute atomic E-state index is 12.1. The molecule has 1 unspecified atom stereocenters. The van der Waals surface area contributed by atoms with Gasteiger partial charge in [0.15, 0.2) is 5.82 Å². The molecular formula is C13H21N3O3. The molecule has 0 aromatic carbocycles. The average Bonchev–Trinajstić information content (AvgIpc) is 2.40. The van der Waals surface area contributed by atoms with E-state index in [0.717, 1.165) is 0 Å². The second-order valence-electron chi connectivity index (χ2n) is 5.08. The van der Waals surface area contributed by atoms with Crippen molar-refractivity contribution in [2.75, 3.05) is 31.7 Å². The van der Waals surface area contributed by atoms with Crippen LogP contribution in [0.5, 0.6) is 0 Å². The Balaban J connectivity index is 1.97. The topological polar surface area (TPSA) is 65.4 Å². The van der Waals surface area contributed by atoms with E-state index in [1.165, 1.54) is 0 Å². The van der Waals surface area contributed by atoms with Gasteiger partial charge in [-0.05, 0) is 5.92 Å². The van der Waals surface area contributed by atoms with E-state index < -0.39 is 0 Å². The van der Waals surface area contributed by atoms with E-state index in [0.29, 0.717) is 44.6 Å². The number of nitrogens with one attached hydrogen (secondary N) is 1. The van der Waals surface area contributed by atoms with Crippen LogP contribution < -0.4 is 10.9 Å². The zero-order valence-electron chi connectivity index (χ0n) is 11.5. The van der Waals surface area contributed by atoms with Crippen molar-refractivity contribution >= 4 is 5.82 Å². The van der Waals surface area contributed by atoms with Crippen molar-refractivity contribution in [1.82, 2.24) is 9.55 Å². The Morgan fingerprint density at radius 1 is 1.53 bits per heavy atom. The van der Waals surface area contributed by atoms with Gasteiger partial charge in [0.25, 0.3) is 5.56 Å². The van der Waals surface area contributed by atoms with E-state index in [1.54, 1.807) is 17.0 Å². The molecule has 1 fully saturated rings. The summed E-state index contributed by atoms with van der Waals surface area (Å²) in [6.07, 6.45) is 3.34. The van der Waals surface area contributed by atoms with Gasteiger partial charge in [-0.25, -0.2) is 4.98 Å². The standard InChI is InChI=1S/C13H21N3O3/c1-10(2)8-16-4-3-14-12(13(16)17)15-7-11-9-18-5-6-19-11/h3-4,10-11H,5-9H2,1-2H3,(H,14,15). The molecule has 6 nitrogen and oxygen atoms in total. The summed E-state index contributed by atoms with van der Waals surface area (Å²) in [4.78, 5) is 16.2. The fourth-order valence-electron chi connectivity index (χ4n) is 1.97. The summed E-state index contributed by atoms with van der Waals surface area (Å²) in [5.41, 5.74) is -0.0899. The summed E-state index contributed by atoms with van der Waals surface area (Å²) in [7, 11) is 0. The molecule has 1 aromatic rings. The summed E-state index contributed by atoms with van der Waals surface area (Å²) in [5.74, 6) is 0.792. The molecule has 1 aliphatic heterocycles. The first-order valence-electron chi connectivity index (χ1n) is 6.65. The van der Waals surface area contributed by atoms with Crippen LogP contribution in [0.4, 0.5) is 5.82 Å². The third kappa shape index (κ3) is 4.04. The molecule has 0 aliphatic carbocycles. The maximum atomic E-state index is 12.1. The minimum atomic E-state index is -0.0899. The van der Waals surface area contributed by atoms with Gasteiger partial charge in [0.1, 0.15) is 0 Å². The molecule has 1 aromatic heterocycles. The molecule has 6 heteroatoms. The Morgan fingerprint density at radius 2 is 2.37 bits per heavy atom. The lowest BCUT2D eigenvalue weighted by Crippen LogP contribution is -2.36. The lowest BCUT2D eigenvalue weighted by Gasteiger charge is -2.23. The maximum Gasteiger partial charge on any atom is 0.293 e. The summed E-state index contributed by atoms with van der Waals surface area (Å²) in [6.45, 7) is 7.18. The predicted octanol–water partition coefficient (Wildman–Crippen LogP) is 0.727. The molecule has 1 atom stereocenters. The van der Waals surface area contributed by atoms with Gasteiger partial charge in [-0.2, -0.15) is 0 Å². The third-order valence-electron chi connectivity index (χ3n) is 2.86. The molecule has 0 radical (unpaired) electrons. The van der Waals surface area contributed by atoms with Crippen LogP contribution in [-0.4, -0.2) is 42.0 Å². The quantitative estimate of drug-likeness (QED) is 0.852. The van der Waals surface area contributed by atoms with Crippen molar-refractivity contribution in [1.29, 1.82) is 0 Å². The highest BCUT2D eigenvalue weighted by molar-refractivity contribution is 5.30. The highest BCUT2D eigenvalue weighted by atomic mass is 16.6. The summed E-state index contributed by atoms with van der Waals surface area (Å²) >= 11 is 0. The van der Waals surface area contributed by atoms with Gasteiger partial charge < -0.3 is 19.4 Å². The van der Waals surface area contributed by atoms with Crippen molar-refractivity contribution in [3.05, 3.63) is 22.7 Å². The third-order valence-corrected chi connectivity index (χ3v) is 2.86. The number of rotatable bonds is 5. The molecule has 0 bridgehead atoms. The number of hydrogen-bond donors (Lipinski definition) is 1. The summed E-state index contributed by atoms with van der Waals surface area (Å²) in [6, 6.07) is 0. The van der Waals surface area contributed by atoms with E-state index >= 15 is 0 Å². The second kappa shape index (κ2) is 6.68. The van der Waals surface area contributed by atoms with Crippen LogP contribution in [0.1, 0.15) is 13.8 Å². The normalized spacial score (nSPS) is 19.6. The Kier molecular flexibility index (Phi) is 4.93. The smallest absolute Gasteiger partial charge is 0.293 e. The second-order valence-corrected chi connectivity index (χ2v) is 5.08. The zero-order valence-corrected chi connectivity index (χ0v) is 11.5. The van der Waals surface area contributed by atoms with Crippen molar-refractivity contribution < 1.29 is 9.47 Å². The van der Waals surface area contributed by atoms with Crippen LogP contribution in [0.2, 0.25) is 0 Å². The highest BCUT2D eigenvalue weighted by Gasteiger charge is 2.15. The highest BCUT2D eigenvalue weighted by Crippen LogP contribution is 2.03. The number of ether oxygens (including phenoxy) is 2. The molecule has 0 amide bonds. The Hall–Kier alpha value is -1.40. The summed E-state index contributed by atoms with van der Waals surface area (Å²) in [5, 5.41) is 3.05. The van der Waals surface area contributed by atoms with Crippen LogP contribution in [0.3, 0.4) is 0 Å². The Morgan fingerprint density at radius 3 is 3.05 bits per heavy atom. The number of hydrogen-bond acceptors (Lipinski definition) is 5. The van der Waals surface area contributed by atoms with Crippen molar-refractivity contribution in [3.8, 4) is 0 Å².